The monoisotopic (exact) mass is 404 g/mol. The molecule has 7 heteroatoms. The molecule has 2 aliphatic heterocycles. The predicted molar refractivity (Wildman–Crippen MR) is 111 cm³/mol. The van der Waals surface area contributed by atoms with E-state index < -0.39 is 6.17 Å². The van der Waals surface area contributed by atoms with Crippen molar-refractivity contribution in [1.82, 2.24) is 14.8 Å². The molecule has 0 radical (unpaired) electrons. The smallest absolute Gasteiger partial charge is 0.237 e. The van der Waals surface area contributed by atoms with E-state index in [9.17, 15) is 9.18 Å². The first kappa shape index (κ1) is 19.4. The van der Waals surface area contributed by atoms with Crippen molar-refractivity contribution in [3.63, 3.8) is 0 Å². The van der Waals surface area contributed by atoms with Gasteiger partial charge in [0.1, 0.15) is 11.3 Å². The lowest BCUT2D eigenvalue weighted by Crippen LogP contribution is -2.46. The molecule has 150 valence electrons. The summed E-state index contributed by atoms with van der Waals surface area (Å²) in [6, 6.07) is 8.37. The molecular formula is C21H26ClFN4O. The Kier molecular flexibility index (Phi) is 5.69. The first-order valence-corrected chi connectivity index (χ1v) is 10.3. The Labute approximate surface area is 169 Å². The summed E-state index contributed by atoms with van der Waals surface area (Å²) in [4.78, 5) is 20.5. The van der Waals surface area contributed by atoms with Crippen LogP contribution < -0.4 is 5.32 Å². The van der Waals surface area contributed by atoms with Crippen LogP contribution in [-0.2, 0) is 4.79 Å². The van der Waals surface area contributed by atoms with E-state index in [0.29, 0.717) is 24.2 Å². The number of fused-ring (bicyclic) bond motifs is 1. The van der Waals surface area contributed by atoms with Crippen LogP contribution in [0.4, 0.5) is 10.1 Å². The Balaban J connectivity index is 1.33. The molecule has 0 aliphatic carbocycles. The fraction of sp³-hybridized carbons (Fsp3) is 0.524. The number of nitrogens with one attached hydrogen (secondary N) is 1. The van der Waals surface area contributed by atoms with E-state index >= 15 is 0 Å². The molecule has 2 aliphatic rings. The van der Waals surface area contributed by atoms with Gasteiger partial charge in [-0.15, -0.1) is 0 Å². The average molecular weight is 405 g/mol. The molecule has 1 amide bonds. The fourth-order valence-electron chi connectivity index (χ4n) is 4.35. The van der Waals surface area contributed by atoms with Gasteiger partial charge in [0.25, 0.3) is 0 Å². The zero-order chi connectivity index (χ0) is 19.7. The second kappa shape index (κ2) is 8.21. The summed E-state index contributed by atoms with van der Waals surface area (Å²) < 4.78 is 13.5. The summed E-state index contributed by atoms with van der Waals surface area (Å²) in [6.45, 7) is 4.28. The number of amides is 1. The molecule has 0 unspecified atom stereocenters. The summed E-state index contributed by atoms with van der Waals surface area (Å²) >= 11 is 6.21. The van der Waals surface area contributed by atoms with Crippen LogP contribution in [-0.4, -0.2) is 65.1 Å². The standard InChI is InChI=1S/C21H26ClFN4O/c1-14-11-15(23)12-27(14)20(28)13-26-9-6-16(7-10-26)25-19-4-2-3-18-17(19)5-8-24-21(18)22/h2-5,8,14-16,25H,6-7,9-13H2,1H3/t14-,15+/m1/s1. The van der Waals surface area contributed by atoms with Gasteiger partial charge in [-0.25, -0.2) is 9.37 Å². The molecule has 3 heterocycles. The highest BCUT2D eigenvalue weighted by Crippen LogP contribution is 2.29. The second-order valence-electron chi connectivity index (χ2n) is 7.93. The highest BCUT2D eigenvalue weighted by Gasteiger charge is 2.33. The Morgan fingerprint density at radius 3 is 2.79 bits per heavy atom. The molecule has 2 aromatic rings. The van der Waals surface area contributed by atoms with Crippen LogP contribution in [0, 0.1) is 0 Å². The molecule has 4 rings (SSSR count). The summed E-state index contributed by atoms with van der Waals surface area (Å²) in [5.41, 5.74) is 1.07. The third-order valence-electron chi connectivity index (χ3n) is 5.91. The van der Waals surface area contributed by atoms with Gasteiger partial charge in [0.2, 0.25) is 5.91 Å². The topological polar surface area (TPSA) is 48.5 Å². The van der Waals surface area contributed by atoms with Crippen LogP contribution >= 0.6 is 11.6 Å². The maximum atomic E-state index is 13.5. The van der Waals surface area contributed by atoms with Crippen molar-refractivity contribution in [2.24, 2.45) is 0 Å². The first-order valence-electron chi connectivity index (χ1n) is 9.97. The van der Waals surface area contributed by atoms with Crippen molar-refractivity contribution in [2.45, 2.75) is 44.4 Å². The van der Waals surface area contributed by atoms with E-state index in [1.54, 1.807) is 11.1 Å². The minimum atomic E-state index is -0.877. The Morgan fingerprint density at radius 2 is 2.07 bits per heavy atom. The first-order chi connectivity index (χ1) is 13.5. The number of halogens is 2. The number of nitrogens with zero attached hydrogens (tertiary/aromatic N) is 3. The number of piperidine rings is 1. The maximum Gasteiger partial charge on any atom is 0.237 e. The highest BCUT2D eigenvalue weighted by atomic mass is 35.5. The van der Waals surface area contributed by atoms with E-state index in [1.165, 1.54) is 0 Å². The third kappa shape index (κ3) is 4.08. The van der Waals surface area contributed by atoms with Crippen LogP contribution in [0.3, 0.4) is 0 Å². The number of benzene rings is 1. The zero-order valence-electron chi connectivity index (χ0n) is 16.1. The molecule has 0 spiro atoms. The van der Waals surface area contributed by atoms with E-state index in [0.717, 1.165) is 42.4 Å². The fourth-order valence-corrected chi connectivity index (χ4v) is 4.57. The molecule has 1 N–H and O–H groups in total. The molecule has 2 atom stereocenters. The van der Waals surface area contributed by atoms with Crippen molar-refractivity contribution >= 4 is 34.0 Å². The number of rotatable bonds is 4. The molecule has 0 bridgehead atoms. The molecule has 2 saturated heterocycles. The summed E-state index contributed by atoms with van der Waals surface area (Å²) in [6.07, 6.45) is 3.24. The van der Waals surface area contributed by atoms with E-state index in [-0.39, 0.29) is 18.5 Å². The van der Waals surface area contributed by atoms with Gasteiger partial charge in [-0.3, -0.25) is 9.69 Å². The van der Waals surface area contributed by atoms with Gasteiger partial charge in [0.05, 0.1) is 13.1 Å². The molecule has 5 nitrogen and oxygen atoms in total. The van der Waals surface area contributed by atoms with Gasteiger partial charge in [-0.2, -0.15) is 0 Å². The molecular weight excluding hydrogens is 379 g/mol. The Bertz CT molecular complexity index is 855. The number of carbonyl (C=O) groups is 1. The van der Waals surface area contributed by atoms with Crippen LogP contribution in [0.1, 0.15) is 26.2 Å². The number of hydrogen-bond donors (Lipinski definition) is 1. The van der Waals surface area contributed by atoms with E-state index in [4.69, 9.17) is 11.6 Å². The Hall–Kier alpha value is -1.92. The van der Waals surface area contributed by atoms with E-state index in [1.807, 2.05) is 25.1 Å². The lowest BCUT2D eigenvalue weighted by atomic mass is 10.0. The van der Waals surface area contributed by atoms with Gasteiger partial charge in [0, 0.05) is 54.3 Å². The minimum Gasteiger partial charge on any atom is -0.382 e. The zero-order valence-corrected chi connectivity index (χ0v) is 16.8. The summed E-state index contributed by atoms with van der Waals surface area (Å²) in [7, 11) is 0. The quantitative estimate of drug-likeness (QED) is 0.789. The lowest BCUT2D eigenvalue weighted by molar-refractivity contribution is -0.133. The maximum absolute atomic E-state index is 13.5. The number of alkyl halides is 1. The lowest BCUT2D eigenvalue weighted by Gasteiger charge is -2.34. The van der Waals surface area contributed by atoms with Crippen molar-refractivity contribution in [3.8, 4) is 0 Å². The number of pyridine rings is 1. The van der Waals surface area contributed by atoms with E-state index in [2.05, 4.69) is 21.3 Å². The van der Waals surface area contributed by atoms with Crippen LogP contribution in [0.2, 0.25) is 5.15 Å². The molecule has 28 heavy (non-hydrogen) atoms. The van der Waals surface area contributed by atoms with Gasteiger partial charge >= 0.3 is 0 Å². The largest absolute Gasteiger partial charge is 0.382 e. The third-order valence-corrected chi connectivity index (χ3v) is 6.21. The van der Waals surface area contributed by atoms with Crippen molar-refractivity contribution in [3.05, 3.63) is 35.6 Å². The van der Waals surface area contributed by atoms with Gasteiger partial charge in [-0.05, 0) is 31.9 Å². The predicted octanol–water partition coefficient (Wildman–Crippen LogP) is 3.72. The Morgan fingerprint density at radius 1 is 1.29 bits per heavy atom. The number of likely N-dealkylation sites (tertiary alicyclic amines) is 2. The van der Waals surface area contributed by atoms with Crippen LogP contribution in [0.25, 0.3) is 10.8 Å². The van der Waals surface area contributed by atoms with Gasteiger partial charge in [0.15, 0.2) is 0 Å². The van der Waals surface area contributed by atoms with Crippen molar-refractivity contribution in [2.75, 3.05) is 31.5 Å². The van der Waals surface area contributed by atoms with Gasteiger partial charge in [-0.1, -0.05) is 23.7 Å². The van der Waals surface area contributed by atoms with Gasteiger partial charge < -0.3 is 10.2 Å². The number of hydrogen-bond acceptors (Lipinski definition) is 4. The van der Waals surface area contributed by atoms with Crippen molar-refractivity contribution < 1.29 is 9.18 Å². The average Bonchev–Trinajstić information content (AvgIpc) is 3.02. The summed E-state index contributed by atoms with van der Waals surface area (Å²) in [5, 5.41) is 6.17. The van der Waals surface area contributed by atoms with Crippen LogP contribution in [0.15, 0.2) is 30.5 Å². The normalized spacial score (nSPS) is 24.0. The molecule has 1 aromatic carbocycles. The molecule has 0 saturated carbocycles. The minimum absolute atomic E-state index is 0.00869. The highest BCUT2D eigenvalue weighted by molar-refractivity contribution is 6.34. The van der Waals surface area contributed by atoms with Crippen molar-refractivity contribution in [1.29, 1.82) is 0 Å². The SMILES string of the molecule is C[C@@H]1C[C@H](F)CN1C(=O)CN1CCC(Nc2cccc3c(Cl)nccc23)CC1. The van der Waals surface area contributed by atoms with Crippen LogP contribution in [0.5, 0.6) is 0 Å². The summed E-state index contributed by atoms with van der Waals surface area (Å²) in [5.74, 6) is 0.0512. The number of carbonyl (C=O) groups excluding carboxylic acids is 1. The molecule has 2 fully saturated rings. The number of aromatic nitrogens is 1. The number of anilines is 1. The second-order valence-corrected chi connectivity index (χ2v) is 8.28. The molecule has 1 aromatic heterocycles.